The van der Waals surface area contributed by atoms with E-state index in [0.717, 1.165) is 0 Å². The lowest BCUT2D eigenvalue weighted by atomic mass is 10.1. The molecule has 2 rings (SSSR count). The van der Waals surface area contributed by atoms with Crippen LogP contribution in [0, 0.1) is 10.1 Å². The minimum absolute atomic E-state index is 0.315. The van der Waals surface area contributed by atoms with Crippen molar-refractivity contribution in [3.8, 4) is 0 Å². The highest BCUT2D eigenvalue weighted by Gasteiger charge is 2.39. The number of aromatic nitrogens is 2. The maximum absolute atomic E-state index is 12.8. The maximum atomic E-state index is 12.8. The Morgan fingerprint density at radius 1 is 1.38 bits per heavy atom. The first-order valence-corrected chi connectivity index (χ1v) is 5.14. The van der Waals surface area contributed by atoms with Crippen molar-refractivity contribution in [1.29, 1.82) is 0 Å². The molecule has 2 N–H and O–H groups in total. The van der Waals surface area contributed by atoms with Crippen LogP contribution in [0.3, 0.4) is 0 Å². The van der Waals surface area contributed by atoms with Crippen LogP contribution < -0.4 is 5.56 Å². The molecule has 1 heterocycles. The molecule has 1 aromatic heterocycles. The van der Waals surface area contributed by atoms with Gasteiger partial charge < -0.3 is 10.1 Å². The molecule has 0 bridgehead atoms. The second-order valence-electron chi connectivity index (χ2n) is 3.86. The Balaban J connectivity index is 2.89. The summed E-state index contributed by atoms with van der Waals surface area (Å²) in [6.07, 6.45) is -5.03. The Morgan fingerprint density at radius 2 is 2.00 bits per heavy atom. The van der Waals surface area contributed by atoms with E-state index in [2.05, 4.69) is 4.98 Å². The minimum Gasteiger partial charge on any atom is -0.476 e. The molecule has 0 fully saturated rings. The molecule has 8 nitrogen and oxygen atoms in total. The minimum atomic E-state index is -5.03. The van der Waals surface area contributed by atoms with Gasteiger partial charge in [-0.25, -0.2) is 9.78 Å². The van der Waals surface area contributed by atoms with Crippen LogP contribution in [0.25, 0.3) is 11.0 Å². The van der Waals surface area contributed by atoms with Gasteiger partial charge in [-0.15, -0.1) is 0 Å². The first kappa shape index (κ1) is 14.4. The molecular weight excluding hydrogens is 299 g/mol. The monoisotopic (exact) mass is 303 g/mol. The normalized spacial score (nSPS) is 11.6. The summed E-state index contributed by atoms with van der Waals surface area (Å²) in [4.78, 5) is 36.7. The summed E-state index contributed by atoms with van der Waals surface area (Å²) < 4.78 is 38.3. The largest absolute Gasteiger partial charge is 0.476 e. The van der Waals surface area contributed by atoms with Gasteiger partial charge in [0, 0.05) is 6.07 Å². The number of aromatic carboxylic acids is 1. The third-order valence-electron chi connectivity index (χ3n) is 2.51. The molecule has 0 spiro atoms. The lowest BCUT2D eigenvalue weighted by Gasteiger charge is -2.08. The summed E-state index contributed by atoms with van der Waals surface area (Å²) in [5, 5.41) is 19.4. The van der Waals surface area contributed by atoms with Gasteiger partial charge in [-0.3, -0.25) is 14.9 Å². The standard InChI is InChI=1S/C10H4F3N3O5/c11-10(12,13)3-1-4-5(2-6(3)16(20)21)15-8(17)7(14-4)9(18)19/h1-2H,(H,15,17)(H,18,19). The van der Waals surface area contributed by atoms with Gasteiger partial charge in [0.05, 0.1) is 16.0 Å². The predicted molar refractivity (Wildman–Crippen MR) is 61.0 cm³/mol. The number of nitro groups is 1. The molecule has 0 atom stereocenters. The smallest absolute Gasteiger partial charge is 0.423 e. The zero-order valence-corrected chi connectivity index (χ0v) is 9.76. The van der Waals surface area contributed by atoms with E-state index in [1.807, 2.05) is 4.98 Å². The van der Waals surface area contributed by atoms with Crippen molar-refractivity contribution in [3.05, 3.63) is 43.9 Å². The van der Waals surface area contributed by atoms with Crippen LogP contribution in [0.4, 0.5) is 18.9 Å². The maximum Gasteiger partial charge on any atom is 0.423 e. The van der Waals surface area contributed by atoms with E-state index in [0.29, 0.717) is 12.1 Å². The number of carboxylic acid groups (broad SMARTS) is 1. The average molecular weight is 303 g/mol. The molecular formula is C10H4F3N3O5. The van der Waals surface area contributed by atoms with Crippen LogP contribution >= 0.6 is 0 Å². The highest BCUT2D eigenvalue weighted by Crippen LogP contribution is 2.37. The number of nitro benzene ring substituents is 1. The first-order chi connectivity index (χ1) is 9.61. The molecule has 0 radical (unpaired) electrons. The Labute approximate surface area is 112 Å². The summed E-state index contributed by atoms with van der Waals surface area (Å²) in [6.45, 7) is 0. The van der Waals surface area contributed by atoms with Crippen molar-refractivity contribution in [1.82, 2.24) is 9.97 Å². The van der Waals surface area contributed by atoms with Crippen LogP contribution in [0.5, 0.6) is 0 Å². The number of hydrogen-bond acceptors (Lipinski definition) is 5. The number of nitrogens with one attached hydrogen (secondary N) is 1. The highest BCUT2D eigenvalue weighted by molar-refractivity contribution is 5.88. The van der Waals surface area contributed by atoms with Crippen molar-refractivity contribution in [2.45, 2.75) is 6.18 Å². The Morgan fingerprint density at radius 3 is 2.48 bits per heavy atom. The summed E-state index contributed by atoms with van der Waals surface area (Å²) in [7, 11) is 0. The third-order valence-corrected chi connectivity index (χ3v) is 2.51. The van der Waals surface area contributed by atoms with Gasteiger partial charge in [0.15, 0.2) is 0 Å². The molecule has 0 saturated carbocycles. The van der Waals surface area contributed by atoms with Crippen molar-refractivity contribution in [2.75, 3.05) is 0 Å². The molecule has 1 aromatic carbocycles. The number of rotatable bonds is 2. The lowest BCUT2D eigenvalue weighted by molar-refractivity contribution is -0.387. The molecule has 11 heteroatoms. The fourth-order valence-electron chi connectivity index (χ4n) is 1.65. The van der Waals surface area contributed by atoms with E-state index >= 15 is 0 Å². The molecule has 2 aromatic rings. The molecule has 0 aliphatic carbocycles. The number of benzene rings is 1. The van der Waals surface area contributed by atoms with E-state index in [1.54, 1.807) is 0 Å². The first-order valence-electron chi connectivity index (χ1n) is 5.14. The average Bonchev–Trinajstić information content (AvgIpc) is 2.34. The van der Waals surface area contributed by atoms with Crippen LogP contribution in [0.15, 0.2) is 16.9 Å². The zero-order chi connectivity index (χ0) is 15.9. The second kappa shape index (κ2) is 4.54. The van der Waals surface area contributed by atoms with Crippen LogP contribution in [0.1, 0.15) is 16.1 Å². The molecule has 110 valence electrons. The van der Waals surface area contributed by atoms with Gasteiger partial charge in [-0.05, 0) is 6.07 Å². The summed E-state index contributed by atoms with van der Waals surface area (Å²) in [6, 6.07) is 0.800. The van der Waals surface area contributed by atoms with Gasteiger partial charge >= 0.3 is 12.1 Å². The van der Waals surface area contributed by atoms with Crippen molar-refractivity contribution in [2.24, 2.45) is 0 Å². The number of carbonyl (C=O) groups is 1. The van der Waals surface area contributed by atoms with Gasteiger partial charge in [0.1, 0.15) is 5.56 Å². The Hall–Kier alpha value is -2.98. The van der Waals surface area contributed by atoms with Crippen molar-refractivity contribution < 1.29 is 28.0 Å². The van der Waals surface area contributed by atoms with E-state index in [-0.39, 0.29) is 5.52 Å². The number of fused-ring (bicyclic) bond motifs is 1. The molecule has 0 aliphatic rings. The van der Waals surface area contributed by atoms with E-state index in [4.69, 9.17) is 5.11 Å². The summed E-state index contributed by atoms with van der Waals surface area (Å²) >= 11 is 0. The van der Waals surface area contributed by atoms with Crippen LogP contribution in [-0.2, 0) is 6.18 Å². The Bertz CT molecular complexity index is 827. The molecule has 0 saturated heterocycles. The lowest BCUT2D eigenvalue weighted by Crippen LogP contribution is -2.20. The van der Waals surface area contributed by atoms with Crippen molar-refractivity contribution in [3.63, 3.8) is 0 Å². The quantitative estimate of drug-likeness (QED) is 0.640. The summed E-state index contributed by atoms with van der Waals surface area (Å²) in [5.41, 5.74) is -5.94. The Kier molecular flexibility index (Phi) is 3.12. The molecule has 0 unspecified atom stereocenters. The number of carboxylic acids is 1. The molecule has 0 amide bonds. The number of nitrogens with zero attached hydrogens (tertiary/aromatic N) is 2. The van der Waals surface area contributed by atoms with Gasteiger partial charge in [0.2, 0.25) is 5.69 Å². The SMILES string of the molecule is O=C(O)c1nc2cc(C(F)(F)F)c([N+](=O)[O-])cc2[nH]c1=O. The van der Waals surface area contributed by atoms with Gasteiger partial charge in [-0.2, -0.15) is 13.2 Å². The fraction of sp³-hybridized carbons (Fsp3) is 0.100. The number of H-pyrrole nitrogens is 1. The number of aromatic amines is 1. The van der Waals surface area contributed by atoms with Crippen LogP contribution in [-0.4, -0.2) is 26.0 Å². The summed E-state index contributed by atoms with van der Waals surface area (Å²) in [5.74, 6) is -1.73. The van der Waals surface area contributed by atoms with Crippen molar-refractivity contribution >= 4 is 22.7 Å². The third kappa shape index (κ3) is 2.52. The topological polar surface area (TPSA) is 126 Å². The number of alkyl halides is 3. The highest BCUT2D eigenvalue weighted by atomic mass is 19.4. The number of halogens is 3. The van der Waals surface area contributed by atoms with Crippen LogP contribution in [0.2, 0.25) is 0 Å². The number of hydrogen-bond donors (Lipinski definition) is 2. The van der Waals surface area contributed by atoms with E-state index < -0.39 is 45.1 Å². The van der Waals surface area contributed by atoms with Gasteiger partial charge in [-0.1, -0.05) is 0 Å². The van der Waals surface area contributed by atoms with Gasteiger partial charge in [0.25, 0.3) is 11.2 Å². The van der Waals surface area contributed by atoms with E-state index in [1.165, 1.54) is 0 Å². The fourth-order valence-corrected chi connectivity index (χ4v) is 1.65. The van der Waals surface area contributed by atoms with E-state index in [9.17, 15) is 32.9 Å². The second-order valence-corrected chi connectivity index (χ2v) is 3.86. The predicted octanol–water partition coefficient (Wildman–Crippen LogP) is 1.55. The zero-order valence-electron chi connectivity index (χ0n) is 9.76. The molecule has 0 aliphatic heterocycles. The molecule has 21 heavy (non-hydrogen) atoms.